The van der Waals surface area contributed by atoms with Crippen LogP contribution in [0.25, 0.3) is 71.7 Å². The Balaban J connectivity index is 1.09. The minimum atomic E-state index is -0.176. The van der Waals surface area contributed by atoms with Crippen LogP contribution in [0.1, 0.15) is 30.5 Å². The Kier molecular flexibility index (Phi) is 7.39. The van der Waals surface area contributed by atoms with Gasteiger partial charge in [0.2, 0.25) is 0 Å². The van der Waals surface area contributed by atoms with Crippen molar-refractivity contribution >= 4 is 55.1 Å². The van der Waals surface area contributed by atoms with Crippen molar-refractivity contribution in [3.05, 3.63) is 223 Å². The van der Waals surface area contributed by atoms with Crippen molar-refractivity contribution in [1.82, 2.24) is 4.57 Å². The van der Waals surface area contributed by atoms with Gasteiger partial charge < -0.3 is 9.47 Å². The molecule has 270 valence electrons. The lowest BCUT2D eigenvalue weighted by Crippen LogP contribution is -2.18. The summed E-state index contributed by atoms with van der Waals surface area (Å²) in [7, 11) is 0. The van der Waals surface area contributed by atoms with E-state index in [0.717, 1.165) is 33.8 Å². The Labute approximate surface area is 333 Å². The van der Waals surface area contributed by atoms with Crippen LogP contribution < -0.4 is 4.90 Å². The average molecular weight is 729 g/mol. The molecule has 1 aliphatic carbocycles. The van der Waals surface area contributed by atoms with Crippen molar-refractivity contribution in [2.45, 2.75) is 19.3 Å². The molecule has 0 saturated heterocycles. The molecule has 2 heteroatoms. The van der Waals surface area contributed by atoms with Crippen LogP contribution in [0, 0.1) is 0 Å². The van der Waals surface area contributed by atoms with Gasteiger partial charge in [0, 0.05) is 44.6 Å². The minimum absolute atomic E-state index is 0.176. The molecule has 1 aliphatic heterocycles. The number of rotatable bonds is 4. The number of para-hydroxylation sites is 1. The molecule has 0 atom stereocenters. The lowest BCUT2D eigenvalue weighted by Gasteiger charge is -2.30. The van der Waals surface area contributed by atoms with E-state index in [9.17, 15) is 0 Å². The summed E-state index contributed by atoms with van der Waals surface area (Å²) in [5.74, 6) is 0. The summed E-state index contributed by atoms with van der Waals surface area (Å²) in [6.07, 6.45) is 4.72. The molecule has 1 aromatic heterocycles. The first-order chi connectivity index (χ1) is 27.9. The van der Waals surface area contributed by atoms with Crippen LogP contribution in [-0.2, 0) is 5.41 Å². The van der Waals surface area contributed by atoms with Crippen molar-refractivity contribution in [3.63, 3.8) is 0 Å². The zero-order chi connectivity index (χ0) is 38.3. The van der Waals surface area contributed by atoms with Crippen molar-refractivity contribution < 1.29 is 0 Å². The molecule has 57 heavy (non-hydrogen) atoms. The fraction of sp³-hybridized carbons (Fsp3) is 0.0545. The molecule has 0 amide bonds. The lowest BCUT2D eigenvalue weighted by molar-refractivity contribution is 0.661. The van der Waals surface area contributed by atoms with Gasteiger partial charge in [-0.1, -0.05) is 160 Å². The Bertz CT molecular complexity index is 3170. The topological polar surface area (TPSA) is 8.17 Å². The smallest absolute Gasteiger partial charge is 0.0541 e. The summed E-state index contributed by atoms with van der Waals surface area (Å²) < 4.78 is 2.41. The van der Waals surface area contributed by atoms with Gasteiger partial charge in [-0.2, -0.15) is 0 Å². The van der Waals surface area contributed by atoms with Gasteiger partial charge >= 0.3 is 0 Å². The highest BCUT2D eigenvalue weighted by Gasteiger charge is 2.39. The molecule has 0 fully saturated rings. The first-order valence-corrected chi connectivity index (χ1v) is 19.8. The SMILES string of the molecule is C=C1C=C2/C(=C\N(c3cccc4ccccc34)c3ccc(-c4ccc5c(c4)c4ccccc4n5-c4cccc(-c5ccccc5)c4)cc31)c1ccccc1C2(C)C. The highest BCUT2D eigenvalue weighted by molar-refractivity contribution is 6.11. The predicted molar refractivity (Wildman–Crippen MR) is 242 cm³/mol. The molecule has 0 unspecified atom stereocenters. The van der Waals surface area contributed by atoms with E-state index in [1.807, 2.05) is 0 Å². The van der Waals surface area contributed by atoms with Gasteiger partial charge in [0.1, 0.15) is 0 Å². The zero-order valence-corrected chi connectivity index (χ0v) is 32.1. The molecular weight excluding hydrogens is 689 g/mol. The highest BCUT2D eigenvalue weighted by atomic mass is 15.1. The summed E-state index contributed by atoms with van der Waals surface area (Å²) in [6.45, 7) is 9.48. The van der Waals surface area contributed by atoms with E-state index < -0.39 is 0 Å². The molecule has 0 bridgehead atoms. The van der Waals surface area contributed by atoms with E-state index in [2.05, 4.69) is 218 Å². The number of allylic oxidation sites excluding steroid dienone is 4. The maximum absolute atomic E-state index is 4.79. The van der Waals surface area contributed by atoms with Crippen LogP contribution in [0.4, 0.5) is 11.4 Å². The highest BCUT2D eigenvalue weighted by Crippen LogP contribution is 2.53. The van der Waals surface area contributed by atoms with Gasteiger partial charge in [0.05, 0.1) is 22.4 Å². The van der Waals surface area contributed by atoms with Crippen molar-refractivity contribution in [1.29, 1.82) is 0 Å². The summed E-state index contributed by atoms with van der Waals surface area (Å²) in [6, 6.07) is 66.3. The first kappa shape index (κ1) is 33.2. The second kappa shape index (κ2) is 12.7. The third-order valence-electron chi connectivity index (χ3n) is 12.3. The number of nitrogens with zero attached hydrogens (tertiary/aromatic N) is 2. The largest absolute Gasteiger partial charge is 0.315 e. The van der Waals surface area contributed by atoms with Crippen molar-refractivity contribution in [2.75, 3.05) is 4.90 Å². The summed E-state index contributed by atoms with van der Waals surface area (Å²) >= 11 is 0. The van der Waals surface area contributed by atoms with Crippen molar-refractivity contribution in [3.8, 4) is 27.9 Å². The molecule has 0 N–H and O–H groups in total. The van der Waals surface area contributed by atoms with Gasteiger partial charge in [-0.15, -0.1) is 0 Å². The molecule has 8 aromatic carbocycles. The minimum Gasteiger partial charge on any atom is -0.315 e. The van der Waals surface area contributed by atoms with Gasteiger partial charge in [-0.05, 0) is 98.4 Å². The van der Waals surface area contributed by atoms with Gasteiger partial charge in [0.15, 0.2) is 0 Å². The Morgan fingerprint density at radius 2 is 1.14 bits per heavy atom. The molecular formula is C55H40N2. The number of aromatic nitrogens is 1. The van der Waals surface area contributed by atoms with Gasteiger partial charge in [-0.25, -0.2) is 0 Å². The molecule has 0 spiro atoms. The maximum atomic E-state index is 4.79. The molecule has 2 nitrogen and oxygen atoms in total. The van der Waals surface area contributed by atoms with E-state index in [0.29, 0.717) is 0 Å². The fourth-order valence-electron chi connectivity index (χ4n) is 9.42. The first-order valence-electron chi connectivity index (χ1n) is 19.8. The number of fused-ring (bicyclic) bond motifs is 8. The number of hydrogen-bond donors (Lipinski definition) is 0. The van der Waals surface area contributed by atoms with Crippen LogP contribution >= 0.6 is 0 Å². The second-order valence-electron chi connectivity index (χ2n) is 15.9. The van der Waals surface area contributed by atoms with Gasteiger partial charge in [-0.3, -0.25) is 0 Å². The Hall–Kier alpha value is -7.16. The third kappa shape index (κ3) is 5.18. The second-order valence-corrected chi connectivity index (χ2v) is 15.9. The van der Waals surface area contributed by atoms with E-state index in [-0.39, 0.29) is 5.41 Å². The summed E-state index contributed by atoms with van der Waals surface area (Å²) in [4.78, 5) is 2.41. The van der Waals surface area contributed by atoms with Crippen LogP contribution in [0.2, 0.25) is 0 Å². The standard InChI is InChI=1S/C55H40N2/c1-36-31-50-48(44-22-9-11-24-49(44)55(50,2)3)35-56(51-26-14-18-38-17-7-8-21-43(38)51)52-29-27-40(33-46(36)52)41-28-30-54-47(34-41)45-23-10-12-25-53(45)57(54)42-20-13-19-39(32-42)37-15-5-4-6-16-37/h4-35H,1H2,2-3H3/b48-35-,50-31?. The number of hydrogen-bond acceptors (Lipinski definition) is 1. The Morgan fingerprint density at radius 1 is 0.474 bits per heavy atom. The molecule has 2 heterocycles. The quantitative estimate of drug-likeness (QED) is 0.175. The predicted octanol–water partition coefficient (Wildman–Crippen LogP) is 14.7. The molecule has 9 aromatic rings. The summed E-state index contributed by atoms with van der Waals surface area (Å²) in [5, 5.41) is 4.90. The number of benzene rings is 8. The molecule has 0 saturated carbocycles. The lowest BCUT2D eigenvalue weighted by atomic mass is 9.80. The van der Waals surface area contributed by atoms with Crippen LogP contribution in [-0.4, -0.2) is 4.57 Å². The van der Waals surface area contributed by atoms with Crippen LogP contribution in [0.15, 0.2) is 206 Å². The third-order valence-corrected chi connectivity index (χ3v) is 12.3. The molecule has 11 rings (SSSR count). The van der Waals surface area contributed by atoms with E-state index in [1.165, 1.54) is 71.5 Å². The maximum Gasteiger partial charge on any atom is 0.0541 e. The molecule has 0 radical (unpaired) electrons. The van der Waals surface area contributed by atoms with E-state index in [1.54, 1.807) is 0 Å². The fourth-order valence-corrected chi connectivity index (χ4v) is 9.42. The van der Waals surface area contributed by atoms with Gasteiger partial charge in [0.25, 0.3) is 0 Å². The average Bonchev–Trinajstić information content (AvgIpc) is 3.69. The van der Waals surface area contributed by atoms with Crippen LogP contribution in [0.3, 0.4) is 0 Å². The van der Waals surface area contributed by atoms with E-state index >= 15 is 0 Å². The normalized spacial score (nSPS) is 15.4. The number of anilines is 2. The monoisotopic (exact) mass is 728 g/mol. The van der Waals surface area contributed by atoms with Crippen molar-refractivity contribution in [2.24, 2.45) is 0 Å². The zero-order valence-electron chi connectivity index (χ0n) is 32.1. The van der Waals surface area contributed by atoms with Crippen LogP contribution in [0.5, 0.6) is 0 Å². The summed E-state index contributed by atoms with van der Waals surface area (Å²) in [5.41, 5.74) is 17.7. The van der Waals surface area contributed by atoms with E-state index in [4.69, 9.17) is 6.58 Å². The Morgan fingerprint density at radius 3 is 2.04 bits per heavy atom. The molecule has 2 aliphatic rings.